The van der Waals surface area contributed by atoms with Gasteiger partial charge in [-0.05, 0) is 75.3 Å². The Kier molecular flexibility index (Phi) is 5.31. The van der Waals surface area contributed by atoms with Crippen LogP contribution in [0.5, 0.6) is 0 Å². The highest BCUT2D eigenvalue weighted by Crippen LogP contribution is 2.44. The van der Waals surface area contributed by atoms with E-state index in [4.69, 9.17) is 9.47 Å². The van der Waals surface area contributed by atoms with Crippen LogP contribution in [-0.2, 0) is 9.47 Å². The maximum Gasteiger partial charge on any atom is 0.109 e. The number of thioether (sulfide) groups is 1. The molecule has 5 rings (SSSR count). The van der Waals surface area contributed by atoms with E-state index in [1.165, 1.54) is 64.7 Å². The third-order valence-electron chi connectivity index (χ3n) is 7.64. The van der Waals surface area contributed by atoms with Gasteiger partial charge in [0, 0.05) is 18.8 Å². The average molecular weight is 367 g/mol. The summed E-state index contributed by atoms with van der Waals surface area (Å²) in [5.74, 6) is 5.14. The topological polar surface area (TPSA) is 33.7 Å². The summed E-state index contributed by atoms with van der Waals surface area (Å²) in [7, 11) is 0. The van der Waals surface area contributed by atoms with E-state index in [2.05, 4.69) is 22.0 Å². The van der Waals surface area contributed by atoms with Gasteiger partial charge < -0.3 is 14.8 Å². The molecule has 0 amide bonds. The first-order chi connectivity index (χ1) is 12.4. The lowest BCUT2D eigenvalue weighted by atomic mass is 9.68. The first-order valence-corrected chi connectivity index (χ1v) is 11.7. The van der Waals surface area contributed by atoms with Crippen LogP contribution in [0.2, 0.25) is 0 Å². The SMILES string of the molecule is C1CC(C2CCC(C3CN(C4SCC5OCCOC54)C3)CC2)CCN1. The Hall–Kier alpha value is 0.190. The van der Waals surface area contributed by atoms with Gasteiger partial charge in [-0.25, -0.2) is 0 Å². The Morgan fingerprint density at radius 3 is 2.16 bits per heavy atom. The molecule has 4 heterocycles. The molecule has 25 heavy (non-hydrogen) atoms. The van der Waals surface area contributed by atoms with Crippen molar-refractivity contribution in [3.63, 3.8) is 0 Å². The number of hydrogen-bond acceptors (Lipinski definition) is 5. The van der Waals surface area contributed by atoms with Gasteiger partial charge in [0.2, 0.25) is 0 Å². The summed E-state index contributed by atoms with van der Waals surface area (Å²) in [5, 5.41) is 4.09. The molecule has 5 aliphatic rings. The van der Waals surface area contributed by atoms with Gasteiger partial charge in [0.15, 0.2) is 0 Å². The predicted octanol–water partition coefficient (Wildman–Crippen LogP) is 2.58. The molecule has 0 aromatic carbocycles. The largest absolute Gasteiger partial charge is 0.372 e. The average Bonchev–Trinajstić information content (AvgIpc) is 3.06. The standard InChI is InChI=1S/C20H34N2O2S/c1-3-15(4-2-14(1)16-5-7-21-8-6-16)17-11-22(12-17)20-19-18(13-25-20)23-9-10-24-19/h14-21H,1-13H2. The minimum absolute atomic E-state index is 0.329. The van der Waals surface area contributed by atoms with Gasteiger partial charge in [0.25, 0.3) is 0 Å². The predicted molar refractivity (Wildman–Crippen MR) is 102 cm³/mol. The zero-order valence-electron chi connectivity index (χ0n) is 15.4. The third-order valence-corrected chi connectivity index (χ3v) is 9.06. The van der Waals surface area contributed by atoms with Gasteiger partial charge in [0.1, 0.15) is 6.10 Å². The Balaban J connectivity index is 1.07. The van der Waals surface area contributed by atoms with E-state index in [1.54, 1.807) is 0 Å². The summed E-state index contributed by atoms with van der Waals surface area (Å²) >= 11 is 2.07. The first kappa shape index (κ1) is 17.3. The molecular formula is C20H34N2O2S. The number of hydrogen-bond donors (Lipinski definition) is 1. The van der Waals surface area contributed by atoms with Crippen molar-refractivity contribution in [1.82, 2.24) is 10.2 Å². The second kappa shape index (κ2) is 7.67. The Morgan fingerprint density at radius 2 is 1.40 bits per heavy atom. The number of rotatable bonds is 3. The summed E-state index contributed by atoms with van der Waals surface area (Å²) < 4.78 is 11.9. The molecule has 5 heteroatoms. The Labute approximate surface area is 156 Å². The Bertz CT molecular complexity index is 445. The van der Waals surface area contributed by atoms with Crippen LogP contribution in [0.25, 0.3) is 0 Å². The van der Waals surface area contributed by atoms with Gasteiger partial charge in [-0.2, -0.15) is 0 Å². The molecule has 3 atom stereocenters. The zero-order valence-corrected chi connectivity index (χ0v) is 16.2. The molecule has 4 saturated heterocycles. The van der Waals surface area contributed by atoms with Crippen LogP contribution in [0.4, 0.5) is 0 Å². The van der Waals surface area contributed by atoms with Crippen LogP contribution in [-0.4, -0.2) is 67.6 Å². The van der Waals surface area contributed by atoms with E-state index in [0.717, 1.165) is 42.6 Å². The molecule has 0 aromatic rings. The molecule has 0 radical (unpaired) electrons. The van der Waals surface area contributed by atoms with Crippen LogP contribution in [0.1, 0.15) is 38.5 Å². The Morgan fingerprint density at radius 1 is 0.760 bits per heavy atom. The number of nitrogens with zero attached hydrogens (tertiary/aromatic N) is 1. The van der Waals surface area contributed by atoms with Gasteiger partial charge in [-0.3, -0.25) is 4.90 Å². The smallest absolute Gasteiger partial charge is 0.109 e. The van der Waals surface area contributed by atoms with Crippen molar-refractivity contribution in [3.05, 3.63) is 0 Å². The van der Waals surface area contributed by atoms with E-state index in [9.17, 15) is 0 Å². The molecule has 0 spiro atoms. The molecule has 1 N–H and O–H groups in total. The van der Waals surface area contributed by atoms with Crippen molar-refractivity contribution in [2.45, 2.75) is 56.1 Å². The molecule has 4 nitrogen and oxygen atoms in total. The van der Waals surface area contributed by atoms with Crippen molar-refractivity contribution in [2.24, 2.45) is 23.7 Å². The molecule has 0 bridgehead atoms. The summed E-state index contributed by atoms with van der Waals surface area (Å²) in [6.07, 6.45) is 9.54. The van der Waals surface area contributed by atoms with E-state index in [-0.39, 0.29) is 0 Å². The summed E-state index contributed by atoms with van der Waals surface area (Å²) in [6, 6.07) is 0. The van der Waals surface area contributed by atoms with Crippen LogP contribution in [0.3, 0.4) is 0 Å². The molecule has 0 aromatic heterocycles. The van der Waals surface area contributed by atoms with Crippen molar-refractivity contribution in [1.29, 1.82) is 0 Å². The molecule has 1 aliphatic carbocycles. The second-order valence-electron chi connectivity index (χ2n) is 8.94. The van der Waals surface area contributed by atoms with E-state index >= 15 is 0 Å². The molecular weight excluding hydrogens is 332 g/mol. The maximum absolute atomic E-state index is 6.04. The number of fused-ring (bicyclic) bond motifs is 1. The second-order valence-corrected chi connectivity index (χ2v) is 10.1. The highest BCUT2D eigenvalue weighted by Gasteiger charge is 2.48. The maximum atomic E-state index is 6.04. The fourth-order valence-electron chi connectivity index (χ4n) is 6.05. The molecule has 4 aliphatic heterocycles. The monoisotopic (exact) mass is 366 g/mol. The normalized spacial score (nSPS) is 44.4. The molecule has 142 valence electrons. The van der Waals surface area contributed by atoms with E-state index < -0.39 is 0 Å². The van der Waals surface area contributed by atoms with Gasteiger partial charge >= 0.3 is 0 Å². The van der Waals surface area contributed by atoms with Gasteiger partial charge in [-0.1, -0.05) is 0 Å². The van der Waals surface area contributed by atoms with Gasteiger partial charge in [-0.15, -0.1) is 11.8 Å². The fourth-order valence-corrected chi connectivity index (χ4v) is 7.55. The van der Waals surface area contributed by atoms with Crippen LogP contribution in [0.15, 0.2) is 0 Å². The number of likely N-dealkylation sites (tertiary alicyclic amines) is 1. The van der Waals surface area contributed by atoms with Crippen molar-refractivity contribution < 1.29 is 9.47 Å². The molecule has 3 unspecified atom stereocenters. The highest BCUT2D eigenvalue weighted by atomic mass is 32.2. The van der Waals surface area contributed by atoms with Crippen LogP contribution in [0, 0.1) is 23.7 Å². The lowest BCUT2D eigenvalue weighted by Gasteiger charge is -2.49. The highest BCUT2D eigenvalue weighted by molar-refractivity contribution is 8.00. The minimum atomic E-state index is 0.329. The lowest BCUT2D eigenvalue weighted by molar-refractivity contribution is -0.146. The lowest BCUT2D eigenvalue weighted by Crippen LogP contribution is -2.58. The molecule has 1 saturated carbocycles. The summed E-state index contributed by atoms with van der Waals surface area (Å²) in [6.45, 7) is 6.72. The summed E-state index contributed by atoms with van der Waals surface area (Å²) in [4.78, 5) is 2.69. The van der Waals surface area contributed by atoms with Crippen LogP contribution >= 0.6 is 11.8 Å². The number of ether oxygens (including phenoxy) is 2. The van der Waals surface area contributed by atoms with Crippen molar-refractivity contribution >= 4 is 11.8 Å². The zero-order chi connectivity index (χ0) is 16.6. The minimum Gasteiger partial charge on any atom is -0.372 e. The summed E-state index contributed by atoms with van der Waals surface area (Å²) in [5.41, 5.74) is 0. The molecule has 5 fully saturated rings. The third kappa shape index (κ3) is 3.52. The van der Waals surface area contributed by atoms with E-state index in [1.807, 2.05) is 0 Å². The van der Waals surface area contributed by atoms with Gasteiger partial charge in [0.05, 0.1) is 24.7 Å². The quantitative estimate of drug-likeness (QED) is 0.830. The van der Waals surface area contributed by atoms with Crippen molar-refractivity contribution in [3.8, 4) is 0 Å². The number of piperidine rings is 1. The number of nitrogens with one attached hydrogen (secondary N) is 1. The fraction of sp³-hybridized carbons (Fsp3) is 1.00. The first-order valence-electron chi connectivity index (χ1n) is 10.7. The van der Waals surface area contributed by atoms with Crippen molar-refractivity contribution in [2.75, 3.05) is 45.1 Å². The van der Waals surface area contributed by atoms with Crippen LogP contribution < -0.4 is 5.32 Å². The van der Waals surface area contributed by atoms with E-state index in [0.29, 0.717) is 17.6 Å².